The highest BCUT2D eigenvalue weighted by Gasteiger charge is 2.21. The van der Waals surface area contributed by atoms with Gasteiger partial charge < -0.3 is 10.2 Å². The molecule has 5 heteroatoms. The maximum atomic E-state index is 11.8. The van der Waals surface area contributed by atoms with E-state index in [9.17, 15) is 4.79 Å². The predicted molar refractivity (Wildman–Crippen MR) is 82.2 cm³/mol. The molecule has 1 N–H and O–H groups in total. The van der Waals surface area contributed by atoms with Gasteiger partial charge in [-0.1, -0.05) is 6.07 Å². The molecule has 1 aromatic carbocycles. The minimum atomic E-state index is 0.220. The van der Waals surface area contributed by atoms with Crippen molar-refractivity contribution in [3.8, 4) is 0 Å². The third-order valence-corrected chi connectivity index (χ3v) is 4.19. The summed E-state index contributed by atoms with van der Waals surface area (Å²) in [6.07, 6.45) is 1.62. The van der Waals surface area contributed by atoms with Crippen molar-refractivity contribution >= 4 is 28.6 Å². The van der Waals surface area contributed by atoms with E-state index in [1.807, 2.05) is 36.1 Å². The molecule has 0 bridgehead atoms. The minimum absolute atomic E-state index is 0.220. The molecular formula is C15H17N3OS. The first kappa shape index (κ1) is 13.1. The summed E-state index contributed by atoms with van der Waals surface area (Å²) in [5, 5.41) is 6.51. The Hall–Kier alpha value is -1.88. The molecule has 0 atom stereocenters. The van der Waals surface area contributed by atoms with Gasteiger partial charge in [-0.25, -0.2) is 4.98 Å². The highest BCUT2D eigenvalue weighted by Crippen LogP contribution is 2.24. The monoisotopic (exact) mass is 287 g/mol. The van der Waals surface area contributed by atoms with E-state index < -0.39 is 0 Å². The molecule has 1 amide bonds. The second-order valence-electron chi connectivity index (χ2n) is 4.91. The van der Waals surface area contributed by atoms with Gasteiger partial charge in [0.05, 0.1) is 17.2 Å². The summed E-state index contributed by atoms with van der Waals surface area (Å²) in [7, 11) is 0. The summed E-state index contributed by atoms with van der Waals surface area (Å²) in [5.74, 6) is 0.220. The fourth-order valence-electron chi connectivity index (χ4n) is 2.39. The summed E-state index contributed by atoms with van der Waals surface area (Å²) in [6, 6.07) is 8.02. The van der Waals surface area contributed by atoms with Gasteiger partial charge >= 0.3 is 0 Å². The second kappa shape index (κ2) is 5.63. The largest absolute Gasteiger partial charge is 0.379 e. The Kier molecular flexibility index (Phi) is 3.69. The van der Waals surface area contributed by atoms with Gasteiger partial charge in [-0.05, 0) is 31.5 Å². The number of carbonyl (C=O) groups excluding carboxylic acids is 1. The number of rotatable bonds is 4. The third kappa shape index (κ3) is 2.82. The molecule has 0 unspecified atom stereocenters. The maximum absolute atomic E-state index is 11.8. The van der Waals surface area contributed by atoms with E-state index in [0.29, 0.717) is 13.0 Å². The van der Waals surface area contributed by atoms with Crippen LogP contribution in [0.5, 0.6) is 0 Å². The Labute approximate surface area is 122 Å². The molecule has 1 aliphatic rings. The lowest BCUT2D eigenvalue weighted by Crippen LogP contribution is -2.23. The molecule has 20 heavy (non-hydrogen) atoms. The van der Waals surface area contributed by atoms with Crippen molar-refractivity contribution < 1.29 is 4.79 Å². The molecule has 3 rings (SSSR count). The average molecular weight is 287 g/mol. The molecule has 1 aliphatic heterocycles. The quantitative estimate of drug-likeness (QED) is 0.939. The van der Waals surface area contributed by atoms with E-state index in [-0.39, 0.29) is 5.91 Å². The van der Waals surface area contributed by atoms with Gasteiger partial charge in [-0.2, -0.15) is 0 Å². The van der Waals surface area contributed by atoms with Crippen molar-refractivity contribution in [2.75, 3.05) is 16.8 Å². The van der Waals surface area contributed by atoms with Gasteiger partial charge in [0.2, 0.25) is 5.91 Å². The van der Waals surface area contributed by atoms with Crippen LogP contribution in [0.3, 0.4) is 0 Å². The van der Waals surface area contributed by atoms with E-state index in [4.69, 9.17) is 0 Å². The highest BCUT2D eigenvalue weighted by molar-refractivity contribution is 7.09. The lowest BCUT2D eigenvalue weighted by molar-refractivity contribution is -0.117. The van der Waals surface area contributed by atoms with E-state index >= 15 is 0 Å². The van der Waals surface area contributed by atoms with Crippen LogP contribution < -0.4 is 10.2 Å². The molecule has 4 nitrogen and oxygen atoms in total. The number of amides is 1. The normalized spacial score (nSPS) is 14.8. The molecule has 104 valence electrons. The standard InChI is InChI=1S/C15H17N3OS/c1-11-17-13(10-20-11)9-16-12-4-2-5-14(8-12)18-7-3-6-15(18)19/h2,4-5,8,10,16H,3,6-7,9H2,1H3. The fraction of sp³-hybridized carbons (Fsp3) is 0.333. The number of hydrogen-bond acceptors (Lipinski definition) is 4. The van der Waals surface area contributed by atoms with Crippen molar-refractivity contribution in [2.24, 2.45) is 0 Å². The zero-order valence-electron chi connectivity index (χ0n) is 11.4. The Bertz CT molecular complexity index is 623. The van der Waals surface area contributed by atoms with Crippen LogP contribution in [0.15, 0.2) is 29.6 Å². The van der Waals surface area contributed by atoms with Crippen LogP contribution in [0, 0.1) is 6.92 Å². The molecule has 0 radical (unpaired) electrons. The first-order valence-electron chi connectivity index (χ1n) is 6.78. The topological polar surface area (TPSA) is 45.2 Å². The predicted octanol–water partition coefficient (Wildman–Crippen LogP) is 3.19. The molecule has 1 saturated heterocycles. The molecule has 1 fully saturated rings. The SMILES string of the molecule is Cc1nc(CNc2cccc(N3CCCC3=O)c2)cs1. The number of carbonyl (C=O) groups is 1. The van der Waals surface area contributed by atoms with Crippen molar-refractivity contribution in [1.82, 2.24) is 4.98 Å². The Morgan fingerprint density at radius 3 is 3.05 bits per heavy atom. The van der Waals surface area contributed by atoms with Crippen LogP contribution in [0.25, 0.3) is 0 Å². The minimum Gasteiger partial charge on any atom is -0.379 e. The summed E-state index contributed by atoms with van der Waals surface area (Å²) in [5.41, 5.74) is 3.05. The number of aromatic nitrogens is 1. The summed E-state index contributed by atoms with van der Waals surface area (Å²) in [4.78, 5) is 18.1. The van der Waals surface area contributed by atoms with Crippen molar-refractivity contribution in [1.29, 1.82) is 0 Å². The van der Waals surface area contributed by atoms with Crippen molar-refractivity contribution in [3.63, 3.8) is 0 Å². The van der Waals surface area contributed by atoms with Crippen molar-refractivity contribution in [2.45, 2.75) is 26.3 Å². The Morgan fingerprint density at radius 2 is 2.35 bits per heavy atom. The van der Waals surface area contributed by atoms with E-state index in [1.165, 1.54) is 0 Å². The molecule has 1 aromatic heterocycles. The van der Waals surface area contributed by atoms with Gasteiger partial charge in [0.1, 0.15) is 0 Å². The third-order valence-electron chi connectivity index (χ3n) is 3.37. The molecule has 2 heterocycles. The second-order valence-corrected chi connectivity index (χ2v) is 5.97. The van der Waals surface area contributed by atoms with Gasteiger partial charge in [-0.15, -0.1) is 11.3 Å². The number of nitrogens with zero attached hydrogens (tertiary/aromatic N) is 2. The van der Waals surface area contributed by atoms with Crippen LogP contribution in [0.2, 0.25) is 0 Å². The van der Waals surface area contributed by atoms with E-state index in [2.05, 4.69) is 15.7 Å². The number of hydrogen-bond donors (Lipinski definition) is 1. The number of aryl methyl sites for hydroxylation is 1. The van der Waals surface area contributed by atoms with Crippen molar-refractivity contribution in [3.05, 3.63) is 40.3 Å². The van der Waals surface area contributed by atoms with E-state index in [1.54, 1.807) is 11.3 Å². The molecule has 0 spiro atoms. The maximum Gasteiger partial charge on any atom is 0.227 e. The van der Waals surface area contributed by atoms with Crippen LogP contribution in [0.4, 0.5) is 11.4 Å². The average Bonchev–Trinajstić information content (AvgIpc) is 3.05. The number of thiazole rings is 1. The van der Waals surface area contributed by atoms with Crippen LogP contribution in [-0.4, -0.2) is 17.4 Å². The zero-order chi connectivity index (χ0) is 13.9. The first-order chi connectivity index (χ1) is 9.72. The summed E-state index contributed by atoms with van der Waals surface area (Å²) >= 11 is 1.66. The van der Waals surface area contributed by atoms with E-state index in [0.717, 1.165) is 35.0 Å². The van der Waals surface area contributed by atoms with Gasteiger partial charge in [-0.3, -0.25) is 4.79 Å². The lowest BCUT2D eigenvalue weighted by Gasteiger charge is -2.16. The molecule has 2 aromatic rings. The van der Waals surface area contributed by atoms with Crippen LogP contribution in [0.1, 0.15) is 23.5 Å². The van der Waals surface area contributed by atoms with Gasteiger partial charge in [0, 0.05) is 29.7 Å². The zero-order valence-corrected chi connectivity index (χ0v) is 12.2. The number of nitrogens with one attached hydrogen (secondary N) is 1. The molecule has 0 aliphatic carbocycles. The summed E-state index contributed by atoms with van der Waals surface area (Å²) in [6.45, 7) is 3.54. The number of benzene rings is 1. The lowest BCUT2D eigenvalue weighted by atomic mass is 10.2. The molecule has 0 saturated carbocycles. The highest BCUT2D eigenvalue weighted by atomic mass is 32.1. The van der Waals surface area contributed by atoms with Crippen LogP contribution >= 0.6 is 11.3 Å². The fourth-order valence-corrected chi connectivity index (χ4v) is 3.00. The Morgan fingerprint density at radius 1 is 1.45 bits per heavy atom. The van der Waals surface area contributed by atoms with Crippen LogP contribution in [-0.2, 0) is 11.3 Å². The molecular weight excluding hydrogens is 270 g/mol. The number of anilines is 2. The summed E-state index contributed by atoms with van der Waals surface area (Å²) < 4.78 is 0. The van der Waals surface area contributed by atoms with Gasteiger partial charge in [0.15, 0.2) is 0 Å². The Balaban J connectivity index is 1.69. The smallest absolute Gasteiger partial charge is 0.227 e. The van der Waals surface area contributed by atoms with Gasteiger partial charge in [0.25, 0.3) is 0 Å². The first-order valence-corrected chi connectivity index (χ1v) is 7.65.